The highest BCUT2D eigenvalue weighted by atomic mass is 16.6. The number of carbonyl (C=O) groups is 1. The Morgan fingerprint density at radius 3 is 0.958 bits per heavy atom. The van der Waals surface area contributed by atoms with Gasteiger partial charge < -0.3 is 61.6 Å². The van der Waals surface area contributed by atoms with E-state index in [9.17, 15) is 4.79 Å². The molecule has 0 fully saturated rings. The molecule has 0 aliphatic heterocycles. The van der Waals surface area contributed by atoms with Gasteiger partial charge in [-0.05, 0) is 6.42 Å². The Labute approximate surface area is 289 Å². The molecule has 0 heterocycles. The van der Waals surface area contributed by atoms with Crippen LogP contribution in [0.4, 0.5) is 0 Å². The predicted molar refractivity (Wildman–Crippen MR) is 179 cm³/mol. The van der Waals surface area contributed by atoms with Crippen molar-refractivity contribution in [3.63, 3.8) is 0 Å². The molecule has 14 heteroatoms. The summed E-state index contributed by atoms with van der Waals surface area (Å²) >= 11 is 0. The van der Waals surface area contributed by atoms with E-state index in [0.29, 0.717) is 158 Å². The summed E-state index contributed by atoms with van der Waals surface area (Å²) in [7, 11) is 0. The lowest BCUT2D eigenvalue weighted by atomic mass is 10.1. The monoisotopic (exact) mass is 698 g/mol. The van der Waals surface area contributed by atoms with Crippen molar-refractivity contribution in [1.82, 2.24) is 0 Å². The molecule has 0 radical (unpaired) electrons. The van der Waals surface area contributed by atoms with Crippen LogP contribution in [0.2, 0.25) is 0 Å². The number of esters is 1. The normalized spacial score (nSPS) is 11.3. The maximum atomic E-state index is 11.6. The van der Waals surface area contributed by atoms with Crippen molar-refractivity contribution < 1.29 is 66.4 Å². The van der Waals surface area contributed by atoms with E-state index in [1.54, 1.807) is 0 Å². The van der Waals surface area contributed by atoms with Crippen LogP contribution in [-0.4, -0.2) is 165 Å². The fourth-order valence-electron chi connectivity index (χ4n) is 3.65. The second-order valence-corrected chi connectivity index (χ2v) is 10.2. The Balaban J connectivity index is 3.08. The number of carbonyl (C=O) groups excluding carboxylic acids is 1. The minimum absolute atomic E-state index is 0.148. The molecule has 0 aromatic heterocycles. The van der Waals surface area contributed by atoms with E-state index in [1.165, 1.54) is 25.5 Å². The topological polar surface area (TPSA) is 137 Å². The molecular weight excluding hydrogens is 632 g/mol. The number of hydrogen-bond donors (Lipinski definition) is 0. The van der Waals surface area contributed by atoms with E-state index in [1.807, 2.05) is 0 Å². The molecule has 0 bridgehead atoms. The zero-order chi connectivity index (χ0) is 34.7. The van der Waals surface area contributed by atoms with Gasteiger partial charge in [0, 0.05) is 6.42 Å². The van der Waals surface area contributed by atoms with Gasteiger partial charge in [-0.2, -0.15) is 0 Å². The molecule has 0 aliphatic carbocycles. The summed E-state index contributed by atoms with van der Waals surface area (Å²) in [5.74, 6) is -0.148. The Morgan fingerprint density at radius 1 is 0.396 bits per heavy atom. The first kappa shape index (κ1) is 46.6. The van der Waals surface area contributed by atoms with Gasteiger partial charge in [-0.15, -0.1) is 0 Å². The molecule has 0 saturated carbocycles. The molecule has 0 unspecified atom stereocenters. The molecular formula is C34H66O14. The highest BCUT2D eigenvalue weighted by Crippen LogP contribution is 2.05. The van der Waals surface area contributed by atoms with Crippen molar-refractivity contribution in [3.8, 4) is 0 Å². The van der Waals surface area contributed by atoms with Crippen molar-refractivity contribution in [2.45, 2.75) is 45.4 Å². The van der Waals surface area contributed by atoms with E-state index >= 15 is 0 Å². The van der Waals surface area contributed by atoms with Gasteiger partial charge in [0.15, 0.2) is 0 Å². The van der Waals surface area contributed by atoms with Crippen LogP contribution in [-0.2, 0) is 66.4 Å². The van der Waals surface area contributed by atoms with Crippen LogP contribution >= 0.6 is 0 Å². The molecule has 0 amide bonds. The van der Waals surface area contributed by atoms with Crippen molar-refractivity contribution >= 4 is 5.97 Å². The van der Waals surface area contributed by atoms with Crippen LogP contribution < -0.4 is 0 Å². The zero-order valence-electron chi connectivity index (χ0n) is 29.7. The minimum atomic E-state index is -0.148. The second-order valence-electron chi connectivity index (χ2n) is 10.2. The Hall–Kier alpha value is -1.43. The molecule has 0 rings (SSSR count). The van der Waals surface area contributed by atoms with Crippen molar-refractivity contribution in [3.05, 3.63) is 12.8 Å². The first-order chi connectivity index (χ1) is 23.8. The standard InChI is InChI=1S/C34H66O14/c1-3-5-6-7-8-9-34(35)48-33-32-47-31-30-46-29-28-45-27-26-44-25-24-43-23-22-42-21-20-41-19-18-40-17-16-39-15-14-38-13-12-37-11-10-36-4-2/h4H,2-3,5-33H2,1H3. The molecule has 0 aromatic rings. The first-order valence-corrected chi connectivity index (χ1v) is 17.5. The number of unbranched alkanes of at least 4 members (excludes halogenated alkanes) is 4. The zero-order valence-corrected chi connectivity index (χ0v) is 29.7. The highest BCUT2D eigenvalue weighted by molar-refractivity contribution is 5.69. The average molecular weight is 699 g/mol. The lowest BCUT2D eigenvalue weighted by molar-refractivity contribution is -0.145. The Morgan fingerprint density at radius 2 is 0.667 bits per heavy atom. The van der Waals surface area contributed by atoms with Crippen molar-refractivity contribution in [2.24, 2.45) is 0 Å². The summed E-state index contributed by atoms with van der Waals surface area (Å²) in [6, 6.07) is 0. The average Bonchev–Trinajstić information content (AvgIpc) is 3.09. The fourth-order valence-corrected chi connectivity index (χ4v) is 3.65. The fraction of sp³-hybridized carbons (Fsp3) is 0.912. The molecule has 0 saturated heterocycles. The third-order valence-corrected chi connectivity index (χ3v) is 6.16. The van der Waals surface area contributed by atoms with E-state index < -0.39 is 0 Å². The summed E-state index contributed by atoms with van der Waals surface area (Å²) in [4.78, 5) is 11.6. The summed E-state index contributed by atoms with van der Waals surface area (Å²) in [5.41, 5.74) is 0. The Kier molecular flexibility index (Phi) is 42.3. The smallest absolute Gasteiger partial charge is 0.305 e. The van der Waals surface area contributed by atoms with E-state index in [4.69, 9.17) is 61.6 Å². The molecule has 0 N–H and O–H groups in total. The summed E-state index contributed by atoms with van der Waals surface area (Å²) in [5, 5.41) is 0. The summed E-state index contributed by atoms with van der Waals surface area (Å²) < 4.78 is 69.9. The molecule has 286 valence electrons. The third-order valence-electron chi connectivity index (χ3n) is 6.16. The van der Waals surface area contributed by atoms with Crippen molar-refractivity contribution in [2.75, 3.05) is 159 Å². The predicted octanol–water partition coefficient (Wildman–Crippen LogP) is 3.23. The molecule has 0 atom stereocenters. The van der Waals surface area contributed by atoms with Crippen molar-refractivity contribution in [1.29, 1.82) is 0 Å². The number of hydrogen-bond acceptors (Lipinski definition) is 14. The molecule has 0 aromatic carbocycles. The molecule has 0 aliphatic rings. The number of ether oxygens (including phenoxy) is 13. The molecule has 14 nitrogen and oxygen atoms in total. The first-order valence-electron chi connectivity index (χ1n) is 17.5. The maximum Gasteiger partial charge on any atom is 0.305 e. The van der Waals surface area contributed by atoms with Crippen LogP contribution in [0.5, 0.6) is 0 Å². The van der Waals surface area contributed by atoms with Crippen LogP contribution in [0.1, 0.15) is 45.4 Å². The second kappa shape index (κ2) is 43.6. The van der Waals surface area contributed by atoms with Gasteiger partial charge >= 0.3 is 5.97 Å². The van der Waals surface area contributed by atoms with Crippen LogP contribution in [0.15, 0.2) is 12.8 Å². The largest absolute Gasteiger partial charge is 0.499 e. The van der Waals surface area contributed by atoms with Gasteiger partial charge in [-0.1, -0.05) is 39.2 Å². The quantitative estimate of drug-likeness (QED) is 0.0524. The SMILES string of the molecule is C=COCCOCCOCCOCCOCCOCCOCCOCCOCCOCCOCCOCCOC(=O)CCCCCCC. The van der Waals surface area contributed by atoms with E-state index in [2.05, 4.69) is 13.5 Å². The van der Waals surface area contributed by atoms with Gasteiger partial charge in [0.05, 0.1) is 152 Å². The van der Waals surface area contributed by atoms with E-state index in [-0.39, 0.29) is 12.6 Å². The van der Waals surface area contributed by atoms with Crippen LogP contribution in [0.3, 0.4) is 0 Å². The molecule has 48 heavy (non-hydrogen) atoms. The minimum Gasteiger partial charge on any atom is -0.499 e. The molecule has 0 spiro atoms. The van der Waals surface area contributed by atoms with Crippen LogP contribution in [0, 0.1) is 0 Å². The van der Waals surface area contributed by atoms with E-state index in [0.717, 1.165) is 12.8 Å². The lowest BCUT2D eigenvalue weighted by Crippen LogP contribution is -2.15. The summed E-state index contributed by atoms with van der Waals surface area (Å²) in [6.45, 7) is 17.3. The van der Waals surface area contributed by atoms with Crippen LogP contribution in [0.25, 0.3) is 0 Å². The van der Waals surface area contributed by atoms with Gasteiger partial charge in [-0.3, -0.25) is 4.79 Å². The number of rotatable bonds is 43. The third kappa shape index (κ3) is 42.6. The summed E-state index contributed by atoms with van der Waals surface area (Å²) in [6.07, 6.45) is 7.46. The van der Waals surface area contributed by atoms with Gasteiger partial charge in [0.1, 0.15) is 13.2 Å². The Bertz CT molecular complexity index is 629. The highest BCUT2D eigenvalue weighted by Gasteiger charge is 2.02. The van der Waals surface area contributed by atoms with Gasteiger partial charge in [0.25, 0.3) is 0 Å². The maximum absolute atomic E-state index is 11.6. The van der Waals surface area contributed by atoms with Gasteiger partial charge in [-0.25, -0.2) is 0 Å². The lowest BCUT2D eigenvalue weighted by Gasteiger charge is -2.09. The van der Waals surface area contributed by atoms with Gasteiger partial charge in [0.2, 0.25) is 0 Å².